The van der Waals surface area contributed by atoms with Crippen LogP contribution in [0.25, 0.3) is 0 Å². The summed E-state index contributed by atoms with van der Waals surface area (Å²) in [5, 5.41) is 0.438. The monoisotopic (exact) mass is 154 g/mol. The van der Waals surface area contributed by atoms with Crippen LogP contribution in [0.1, 0.15) is 27.2 Å². The van der Waals surface area contributed by atoms with E-state index in [9.17, 15) is 8.78 Å². The van der Waals surface area contributed by atoms with E-state index in [-0.39, 0.29) is 0 Å². The lowest BCUT2D eigenvalue weighted by Gasteiger charge is -1.95. The normalized spacial score (nSPS) is 9.44. The van der Waals surface area contributed by atoms with Gasteiger partial charge in [-0.2, -0.15) is 0 Å². The summed E-state index contributed by atoms with van der Waals surface area (Å²) in [6.45, 7) is 5.00. The first-order valence-electron chi connectivity index (χ1n) is 2.82. The van der Waals surface area contributed by atoms with Crippen LogP contribution >= 0.6 is 12.2 Å². The number of alkyl halides is 2. The quantitative estimate of drug-likeness (QED) is 0.523. The average Bonchev–Trinajstić information content (AvgIpc) is 1.67. The molecule has 0 rings (SSSR count). The van der Waals surface area contributed by atoms with Gasteiger partial charge in [-0.25, -0.2) is 8.78 Å². The first kappa shape index (κ1) is 11.7. The predicted molar refractivity (Wildman–Crippen MR) is 40.2 cm³/mol. The maximum Gasteiger partial charge on any atom is 0.273 e. The zero-order valence-corrected chi connectivity index (χ0v) is 6.77. The number of rotatable bonds is 1. The van der Waals surface area contributed by atoms with E-state index in [1.807, 2.05) is 0 Å². The number of thiocarbonyl (C=S) groups is 1. The Morgan fingerprint density at radius 2 is 1.56 bits per heavy atom. The van der Waals surface area contributed by atoms with Crippen LogP contribution in [-0.4, -0.2) is 11.3 Å². The van der Waals surface area contributed by atoms with Gasteiger partial charge in [0, 0.05) is 12.3 Å². The largest absolute Gasteiger partial charge is 0.273 e. The summed E-state index contributed by atoms with van der Waals surface area (Å²) in [6, 6.07) is 0. The van der Waals surface area contributed by atoms with Crippen LogP contribution in [0.3, 0.4) is 0 Å². The molecule has 0 saturated heterocycles. The molecule has 0 aromatic heterocycles. The van der Waals surface area contributed by atoms with Gasteiger partial charge < -0.3 is 0 Å². The highest BCUT2D eigenvalue weighted by Gasteiger charge is 2.14. The fourth-order valence-corrected chi connectivity index (χ4v) is 0. The third-order valence-corrected chi connectivity index (χ3v) is 0.621. The minimum atomic E-state index is -2.77. The fourth-order valence-electron chi connectivity index (χ4n) is 0. The van der Waals surface area contributed by atoms with Gasteiger partial charge in [0.05, 0.1) is 0 Å². The maximum atomic E-state index is 11.3. The lowest BCUT2D eigenvalue weighted by molar-refractivity contribution is 0.109. The Hall–Kier alpha value is -0.0500. The molecule has 0 bridgehead atoms. The summed E-state index contributed by atoms with van der Waals surface area (Å²) in [5.74, 6) is -2.77. The molecule has 0 amide bonds. The van der Waals surface area contributed by atoms with Crippen LogP contribution in [0.5, 0.6) is 0 Å². The van der Waals surface area contributed by atoms with Crippen molar-refractivity contribution in [1.29, 1.82) is 0 Å². The van der Waals surface area contributed by atoms with E-state index in [4.69, 9.17) is 0 Å². The molecule has 0 nitrogen and oxygen atoms in total. The Kier molecular flexibility index (Phi) is 7.91. The number of hydrogen-bond donors (Lipinski definition) is 0. The van der Waals surface area contributed by atoms with Crippen LogP contribution in [0.4, 0.5) is 8.78 Å². The number of hydrogen-bond acceptors (Lipinski definition) is 1. The smallest absolute Gasteiger partial charge is 0.201 e. The highest BCUT2D eigenvalue weighted by Crippen LogP contribution is 2.05. The van der Waals surface area contributed by atoms with Crippen LogP contribution in [-0.2, 0) is 0 Å². The van der Waals surface area contributed by atoms with Crippen LogP contribution in [0.2, 0.25) is 0 Å². The summed E-state index contributed by atoms with van der Waals surface area (Å²) in [7, 11) is 0. The SMILES string of the molecule is CC(F)(F)C=S.CCC. The molecule has 0 radical (unpaired) electrons. The molecular formula is C6H12F2S. The molecule has 0 saturated carbocycles. The van der Waals surface area contributed by atoms with E-state index >= 15 is 0 Å². The zero-order valence-electron chi connectivity index (χ0n) is 5.95. The van der Waals surface area contributed by atoms with Gasteiger partial charge in [0.25, 0.3) is 5.92 Å². The van der Waals surface area contributed by atoms with Gasteiger partial charge in [0.15, 0.2) is 0 Å². The Bertz CT molecular complexity index is 65.9. The molecule has 0 atom stereocenters. The van der Waals surface area contributed by atoms with Crippen molar-refractivity contribution >= 4 is 17.6 Å². The molecule has 0 spiro atoms. The van der Waals surface area contributed by atoms with Crippen LogP contribution in [0, 0.1) is 0 Å². The van der Waals surface area contributed by atoms with Gasteiger partial charge in [0.1, 0.15) is 0 Å². The molecule has 0 fully saturated rings. The van der Waals surface area contributed by atoms with E-state index in [1.54, 1.807) is 0 Å². The van der Waals surface area contributed by atoms with Crippen molar-refractivity contribution in [3.05, 3.63) is 0 Å². The molecule has 0 aromatic rings. The van der Waals surface area contributed by atoms with Crippen molar-refractivity contribution in [2.45, 2.75) is 33.1 Å². The molecule has 56 valence electrons. The molecule has 0 aliphatic carbocycles. The molecule has 0 aliphatic rings. The van der Waals surface area contributed by atoms with Gasteiger partial charge in [-0.05, 0) is 0 Å². The van der Waals surface area contributed by atoms with Crippen molar-refractivity contribution in [1.82, 2.24) is 0 Å². The topological polar surface area (TPSA) is 0 Å². The Morgan fingerprint density at radius 1 is 1.44 bits per heavy atom. The average molecular weight is 154 g/mol. The molecule has 0 N–H and O–H groups in total. The van der Waals surface area contributed by atoms with Gasteiger partial charge in [0.2, 0.25) is 0 Å². The van der Waals surface area contributed by atoms with Crippen LogP contribution < -0.4 is 0 Å². The molecular weight excluding hydrogens is 142 g/mol. The van der Waals surface area contributed by atoms with E-state index in [0.717, 1.165) is 6.92 Å². The lowest BCUT2D eigenvalue weighted by atomic mass is 10.5. The molecule has 0 aromatic carbocycles. The molecule has 0 heterocycles. The minimum Gasteiger partial charge on any atom is -0.201 e. The van der Waals surface area contributed by atoms with Gasteiger partial charge in [-0.1, -0.05) is 32.5 Å². The number of halogens is 2. The van der Waals surface area contributed by atoms with Crippen molar-refractivity contribution in [2.24, 2.45) is 0 Å². The maximum absolute atomic E-state index is 11.3. The highest BCUT2D eigenvalue weighted by atomic mass is 32.1. The third kappa shape index (κ3) is 32.3. The van der Waals surface area contributed by atoms with Crippen molar-refractivity contribution in [3.8, 4) is 0 Å². The Balaban J connectivity index is 0. The molecule has 0 aliphatic heterocycles. The first-order valence-corrected chi connectivity index (χ1v) is 3.29. The van der Waals surface area contributed by atoms with Crippen molar-refractivity contribution < 1.29 is 8.78 Å². The van der Waals surface area contributed by atoms with E-state index in [1.165, 1.54) is 6.42 Å². The Morgan fingerprint density at radius 3 is 1.56 bits per heavy atom. The summed E-state index contributed by atoms with van der Waals surface area (Å²) < 4.78 is 22.6. The second kappa shape index (κ2) is 6.08. The van der Waals surface area contributed by atoms with Crippen LogP contribution in [0.15, 0.2) is 0 Å². The van der Waals surface area contributed by atoms with E-state index < -0.39 is 5.92 Å². The molecule has 3 heteroatoms. The first-order chi connectivity index (χ1) is 3.97. The van der Waals surface area contributed by atoms with E-state index in [0.29, 0.717) is 5.37 Å². The van der Waals surface area contributed by atoms with Crippen molar-refractivity contribution in [3.63, 3.8) is 0 Å². The summed E-state index contributed by atoms with van der Waals surface area (Å²) in [5.41, 5.74) is 0. The van der Waals surface area contributed by atoms with Gasteiger partial charge in [-0.15, -0.1) is 0 Å². The predicted octanol–water partition coefficient (Wildman–Crippen LogP) is 3.06. The zero-order chi connectivity index (χ0) is 7.91. The minimum absolute atomic E-state index is 0.438. The Labute approximate surface area is 60.3 Å². The summed E-state index contributed by atoms with van der Waals surface area (Å²) in [6.07, 6.45) is 1.25. The highest BCUT2D eigenvalue weighted by molar-refractivity contribution is 7.79. The van der Waals surface area contributed by atoms with Crippen molar-refractivity contribution in [2.75, 3.05) is 0 Å². The fraction of sp³-hybridized carbons (Fsp3) is 0.833. The third-order valence-electron chi connectivity index (χ3n) is 0.207. The van der Waals surface area contributed by atoms with E-state index in [2.05, 4.69) is 26.1 Å². The van der Waals surface area contributed by atoms with Gasteiger partial charge in [-0.3, -0.25) is 0 Å². The molecule has 0 unspecified atom stereocenters. The second-order valence-electron chi connectivity index (χ2n) is 1.78. The summed E-state index contributed by atoms with van der Waals surface area (Å²) >= 11 is 3.91. The molecule has 9 heavy (non-hydrogen) atoms. The standard InChI is InChI=1S/C3H4F2S.C3H8/c1-3(4,5)2-6;1-3-2/h2H,1H3;3H2,1-2H3. The lowest BCUT2D eigenvalue weighted by Crippen LogP contribution is -2.07. The second-order valence-corrected chi connectivity index (χ2v) is 2.02. The summed E-state index contributed by atoms with van der Waals surface area (Å²) in [4.78, 5) is 0. The van der Waals surface area contributed by atoms with Gasteiger partial charge >= 0.3 is 0 Å².